The first kappa shape index (κ1) is 11.1. The summed E-state index contributed by atoms with van der Waals surface area (Å²) in [6, 6.07) is 8.08. The van der Waals surface area contributed by atoms with Gasteiger partial charge in [-0.2, -0.15) is 0 Å². The minimum atomic E-state index is -0.371. The summed E-state index contributed by atoms with van der Waals surface area (Å²) in [5.41, 5.74) is 1.79. The molecule has 5 heteroatoms. The van der Waals surface area contributed by atoms with Crippen molar-refractivity contribution in [2.75, 3.05) is 5.32 Å². The summed E-state index contributed by atoms with van der Waals surface area (Å²) in [6.45, 7) is 1.74. The molecule has 0 aliphatic carbocycles. The van der Waals surface area contributed by atoms with Gasteiger partial charge in [0.25, 0.3) is 5.91 Å². The van der Waals surface area contributed by atoms with Crippen LogP contribution < -0.4 is 5.32 Å². The van der Waals surface area contributed by atoms with Crippen molar-refractivity contribution < 1.29 is 14.1 Å². The lowest BCUT2D eigenvalue weighted by Crippen LogP contribution is -2.10. The van der Waals surface area contributed by atoms with Crippen molar-refractivity contribution in [2.45, 2.75) is 6.92 Å². The van der Waals surface area contributed by atoms with Gasteiger partial charge in [0.1, 0.15) is 6.29 Å². The molecular formula is C12H10N2O3. The highest BCUT2D eigenvalue weighted by atomic mass is 16.5. The van der Waals surface area contributed by atoms with Crippen LogP contribution in [0.25, 0.3) is 0 Å². The number of hydrogen-bond acceptors (Lipinski definition) is 4. The summed E-state index contributed by atoms with van der Waals surface area (Å²) in [4.78, 5) is 22.1. The van der Waals surface area contributed by atoms with E-state index in [4.69, 9.17) is 4.52 Å². The number of nitrogens with one attached hydrogen (secondary N) is 1. The molecule has 1 amide bonds. The van der Waals surface area contributed by atoms with E-state index in [-0.39, 0.29) is 11.7 Å². The number of amides is 1. The second kappa shape index (κ2) is 4.61. The number of aromatic nitrogens is 1. The average molecular weight is 230 g/mol. The van der Waals surface area contributed by atoms with Gasteiger partial charge in [0.05, 0.1) is 5.69 Å². The molecule has 1 N–H and O–H groups in total. The van der Waals surface area contributed by atoms with Crippen LogP contribution in [-0.2, 0) is 0 Å². The number of aldehydes is 1. The van der Waals surface area contributed by atoms with Gasteiger partial charge in [-0.25, -0.2) is 0 Å². The van der Waals surface area contributed by atoms with E-state index in [9.17, 15) is 9.59 Å². The molecule has 1 heterocycles. The smallest absolute Gasteiger partial charge is 0.294 e. The van der Waals surface area contributed by atoms with E-state index in [2.05, 4.69) is 10.5 Å². The molecule has 1 aromatic heterocycles. The minimum absolute atomic E-state index is 0.155. The lowest BCUT2D eigenvalue weighted by Gasteiger charge is -2.01. The van der Waals surface area contributed by atoms with Gasteiger partial charge in [0.15, 0.2) is 0 Å². The largest absolute Gasteiger partial charge is 0.351 e. The monoisotopic (exact) mass is 230 g/mol. The first-order valence-corrected chi connectivity index (χ1v) is 4.99. The molecular weight excluding hydrogens is 220 g/mol. The minimum Gasteiger partial charge on any atom is -0.351 e. The van der Waals surface area contributed by atoms with E-state index >= 15 is 0 Å². The predicted molar refractivity (Wildman–Crippen MR) is 61.0 cm³/mol. The maximum atomic E-state index is 11.7. The van der Waals surface area contributed by atoms with Crippen molar-refractivity contribution in [2.24, 2.45) is 0 Å². The Labute approximate surface area is 97.4 Å². The number of anilines is 1. The zero-order chi connectivity index (χ0) is 12.3. The van der Waals surface area contributed by atoms with Gasteiger partial charge in [0.2, 0.25) is 5.76 Å². The van der Waals surface area contributed by atoms with Crippen molar-refractivity contribution in [3.05, 3.63) is 47.3 Å². The molecule has 0 fully saturated rings. The van der Waals surface area contributed by atoms with Crippen molar-refractivity contribution in [1.82, 2.24) is 5.16 Å². The summed E-state index contributed by atoms with van der Waals surface area (Å²) >= 11 is 0. The van der Waals surface area contributed by atoms with E-state index in [1.165, 1.54) is 0 Å². The van der Waals surface area contributed by atoms with Gasteiger partial charge >= 0.3 is 0 Å². The second-order valence-electron chi connectivity index (χ2n) is 3.53. The molecule has 5 nitrogen and oxygen atoms in total. The van der Waals surface area contributed by atoms with Crippen molar-refractivity contribution in [3.63, 3.8) is 0 Å². The van der Waals surface area contributed by atoms with Crippen molar-refractivity contribution in [3.8, 4) is 0 Å². The van der Waals surface area contributed by atoms with Gasteiger partial charge in [-0.3, -0.25) is 9.59 Å². The number of rotatable bonds is 3. The highest BCUT2D eigenvalue weighted by molar-refractivity contribution is 6.02. The van der Waals surface area contributed by atoms with Gasteiger partial charge in [-0.05, 0) is 31.2 Å². The standard InChI is InChI=1S/C12H10N2O3/c1-8-6-11(17-14-8)12(16)13-10-4-2-9(7-15)3-5-10/h2-7H,1H3,(H,13,16). The SMILES string of the molecule is Cc1cc(C(=O)Nc2ccc(C=O)cc2)on1. The molecule has 0 atom stereocenters. The van der Waals surface area contributed by atoms with Crippen molar-refractivity contribution in [1.29, 1.82) is 0 Å². The van der Waals surface area contributed by atoms with Gasteiger partial charge in [-0.15, -0.1) is 0 Å². The Morgan fingerprint density at radius 1 is 1.35 bits per heavy atom. The lowest BCUT2D eigenvalue weighted by atomic mass is 10.2. The third-order valence-corrected chi connectivity index (χ3v) is 2.16. The third-order valence-electron chi connectivity index (χ3n) is 2.16. The van der Waals surface area contributed by atoms with Crippen LogP contribution in [0.15, 0.2) is 34.9 Å². The van der Waals surface area contributed by atoms with Crippen LogP contribution in [0.1, 0.15) is 26.6 Å². The zero-order valence-corrected chi connectivity index (χ0v) is 9.14. The van der Waals surface area contributed by atoms with Crippen molar-refractivity contribution >= 4 is 17.9 Å². The first-order chi connectivity index (χ1) is 8.19. The normalized spacial score (nSPS) is 9.94. The Bertz CT molecular complexity index is 543. The Morgan fingerprint density at radius 2 is 2.06 bits per heavy atom. The van der Waals surface area contributed by atoms with Gasteiger partial charge < -0.3 is 9.84 Å². The van der Waals surface area contributed by atoms with Crippen LogP contribution in [0.5, 0.6) is 0 Å². The van der Waals surface area contributed by atoms with E-state index in [0.717, 1.165) is 6.29 Å². The highest BCUT2D eigenvalue weighted by Gasteiger charge is 2.11. The zero-order valence-electron chi connectivity index (χ0n) is 9.14. The number of carbonyl (C=O) groups is 2. The molecule has 0 saturated heterocycles. The number of carbonyl (C=O) groups excluding carboxylic acids is 2. The molecule has 2 aromatic rings. The molecule has 1 aromatic carbocycles. The van der Waals surface area contributed by atoms with Gasteiger partial charge in [-0.1, -0.05) is 5.16 Å². The maximum Gasteiger partial charge on any atom is 0.294 e. The highest BCUT2D eigenvalue weighted by Crippen LogP contribution is 2.11. The topological polar surface area (TPSA) is 72.2 Å². The van der Waals surface area contributed by atoms with Crippen LogP contribution in [0.2, 0.25) is 0 Å². The quantitative estimate of drug-likeness (QED) is 0.819. The summed E-state index contributed by atoms with van der Waals surface area (Å²) < 4.78 is 4.82. The van der Waals surface area contributed by atoms with E-state index in [1.807, 2.05) is 0 Å². The fourth-order valence-corrected chi connectivity index (χ4v) is 1.31. The molecule has 0 aliphatic rings. The Morgan fingerprint density at radius 3 is 2.59 bits per heavy atom. The summed E-state index contributed by atoms with van der Waals surface area (Å²) in [5, 5.41) is 6.26. The number of hydrogen-bond donors (Lipinski definition) is 1. The van der Waals surface area contributed by atoms with Crippen LogP contribution in [0, 0.1) is 6.92 Å². The molecule has 0 bridgehead atoms. The molecule has 0 saturated carbocycles. The Balaban J connectivity index is 2.10. The predicted octanol–water partition coefficient (Wildman–Crippen LogP) is 2.05. The number of nitrogens with zero attached hydrogens (tertiary/aromatic N) is 1. The van der Waals surface area contributed by atoms with E-state index in [1.54, 1.807) is 37.3 Å². The van der Waals surface area contributed by atoms with Crippen LogP contribution in [0.3, 0.4) is 0 Å². The fourth-order valence-electron chi connectivity index (χ4n) is 1.31. The molecule has 0 spiro atoms. The Kier molecular flexibility index (Phi) is 3.00. The third kappa shape index (κ3) is 2.57. The summed E-state index contributed by atoms with van der Waals surface area (Å²) in [7, 11) is 0. The molecule has 0 unspecified atom stereocenters. The van der Waals surface area contributed by atoms with Crippen LogP contribution >= 0.6 is 0 Å². The molecule has 17 heavy (non-hydrogen) atoms. The van der Waals surface area contributed by atoms with Crippen LogP contribution in [0.4, 0.5) is 5.69 Å². The van der Waals surface area contributed by atoms with E-state index in [0.29, 0.717) is 16.9 Å². The first-order valence-electron chi connectivity index (χ1n) is 4.99. The average Bonchev–Trinajstić information content (AvgIpc) is 2.77. The molecule has 2 rings (SSSR count). The molecule has 0 aliphatic heterocycles. The Hall–Kier alpha value is -2.43. The number of aryl methyl sites for hydroxylation is 1. The summed E-state index contributed by atoms with van der Waals surface area (Å²) in [5.74, 6) is -0.216. The van der Waals surface area contributed by atoms with Gasteiger partial charge in [0, 0.05) is 17.3 Å². The number of benzene rings is 1. The van der Waals surface area contributed by atoms with Crippen LogP contribution in [-0.4, -0.2) is 17.4 Å². The van der Waals surface area contributed by atoms with E-state index < -0.39 is 0 Å². The second-order valence-corrected chi connectivity index (χ2v) is 3.53. The molecule has 0 radical (unpaired) electrons. The molecule has 86 valence electrons. The maximum absolute atomic E-state index is 11.7. The summed E-state index contributed by atoms with van der Waals surface area (Å²) in [6.07, 6.45) is 0.741. The lowest BCUT2D eigenvalue weighted by molar-refractivity contribution is 0.0987. The fraction of sp³-hybridized carbons (Fsp3) is 0.0833.